The monoisotopic (exact) mass is 250 g/mol. The summed E-state index contributed by atoms with van der Waals surface area (Å²) in [5, 5.41) is 3.96. The number of aryl methyl sites for hydroxylation is 1. The number of nitrogens with zero attached hydrogens (tertiary/aromatic N) is 2. The third-order valence-corrected chi connectivity index (χ3v) is 2.90. The van der Waals surface area contributed by atoms with Crippen LogP contribution in [0.5, 0.6) is 0 Å². The van der Waals surface area contributed by atoms with Crippen LogP contribution in [0.3, 0.4) is 0 Å². The van der Waals surface area contributed by atoms with Crippen LogP contribution in [0, 0.1) is 18.6 Å². The Morgan fingerprint density at radius 2 is 2.11 bits per heavy atom. The van der Waals surface area contributed by atoms with Crippen LogP contribution in [0.25, 0.3) is 0 Å². The van der Waals surface area contributed by atoms with Gasteiger partial charge in [-0.05, 0) is 18.6 Å². The van der Waals surface area contributed by atoms with Crippen molar-refractivity contribution in [2.45, 2.75) is 13.3 Å². The minimum Gasteiger partial charge on any atom is -0.294 e. The van der Waals surface area contributed by atoms with E-state index in [0.717, 1.165) is 17.8 Å². The van der Waals surface area contributed by atoms with Crippen LogP contribution in [0.4, 0.5) is 8.78 Å². The number of rotatable bonds is 3. The maximum Gasteiger partial charge on any atom is 0.170 e. The lowest BCUT2D eigenvalue weighted by Gasteiger charge is -2.03. The summed E-state index contributed by atoms with van der Waals surface area (Å²) in [6.45, 7) is 1.77. The highest BCUT2D eigenvalue weighted by Crippen LogP contribution is 2.14. The molecule has 1 aromatic heterocycles. The number of halogens is 2. The molecule has 0 spiro atoms. The van der Waals surface area contributed by atoms with Crippen molar-refractivity contribution >= 4 is 5.78 Å². The lowest BCUT2D eigenvalue weighted by molar-refractivity contribution is 0.0991. The van der Waals surface area contributed by atoms with E-state index in [1.54, 1.807) is 18.7 Å². The summed E-state index contributed by atoms with van der Waals surface area (Å²) in [5.41, 5.74) is 1.37. The van der Waals surface area contributed by atoms with Crippen molar-refractivity contribution in [3.8, 4) is 0 Å². The first-order chi connectivity index (χ1) is 8.49. The molecule has 18 heavy (non-hydrogen) atoms. The van der Waals surface area contributed by atoms with Crippen molar-refractivity contribution in [1.82, 2.24) is 9.78 Å². The molecule has 0 saturated heterocycles. The largest absolute Gasteiger partial charge is 0.294 e. The van der Waals surface area contributed by atoms with Gasteiger partial charge >= 0.3 is 0 Å². The number of hydrogen-bond donors (Lipinski definition) is 0. The van der Waals surface area contributed by atoms with Gasteiger partial charge in [0.1, 0.15) is 11.6 Å². The Morgan fingerprint density at radius 3 is 2.67 bits per heavy atom. The molecule has 0 unspecified atom stereocenters. The first-order valence-corrected chi connectivity index (χ1v) is 5.44. The number of hydrogen-bond acceptors (Lipinski definition) is 2. The van der Waals surface area contributed by atoms with E-state index < -0.39 is 11.6 Å². The SMILES string of the molecule is Cc1c(C(=O)Cc2ccc(F)cc2F)cnn1C. The lowest BCUT2D eigenvalue weighted by atomic mass is 10.0. The molecule has 0 radical (unpaired) electrons. The van der Waals surface area contributed by atoms with E-state index in [0.29, 0.717) is 5.56 Å². The van der Waals surface area contributed by atoms with Crippen LogP contribution in [-0.2, 0) is 13.5 Å². The van der Waals surface area contributed by atoms with E-state index in [4.69, 9.17) is 0 Å². The minimum atomic E-state index is -0.704. The van der Waals surface area contributed by atoms with E-state index in [2.05, 4.69) is 5.10 Å². The van der Waals surface area contributed by atoms with E-state index in [-0.39, 0.29) is 17.8 Å². The van der Waals surface area contributed by atoms with Gasteiger partial charge in [0.2, 0.25) is 0 Å². The van der Waals surface area contributed by atoms with E-state index in [1.165, 1.54) is 12.3 Å². The molecule has 0 amide bonds. The fraction of sp³-hybridized carbons (Fsp3) is 0.231. The zero-order chi connectivity index (χ0) is 13.3. The summed E-state index contributed by atoms with van der Waals surface area (Å²) in [4.78, 5) is 12.0. The van der Waals surface area contributed by atoms with Crippen LogP contribution in [0.2, 0.25) is 0 Å². The second-order valence-electron chi connectivity index (χ2n) is 4.10. The first-order valence-electron chi connectivity index (χ1n) is 5.44. The van der Waals surface area contributed by atoms with E-state index in [1.807, 2.05) is 0 Å². The summed E-state index contributed by atoms with van der Waals surface area (Å²) < 4.78 is 27.7. The Balaban J connectivity index is 2.24. The Bertz CT molecular complexity index is 605. The first kappa shape index (κ1) is 12.4. The van der Waals surface area contributed by atoms with E-state index in [9.17, 15) is 13.6 Å². The van der Waals surface area contributed by atoms with Crippen molar-refractivity contribution in [3.05, 3.63) is 52.9 Å². The predicted octanol–water partition coefficient (Wildman–Crippen LogP) is 2.43. The molecule has 3 nitrogen and oxygen atoms in total. The fourth-order valence-corrected chi connectivity index (χ4v) is 1.71. The average Bonchev–Trinajstić information content (AvgIpc) is 2.64. The zero-order valence-electron chi connectivity index (χ0n) is 10.1. The van der Waals surface area contributed by atoms with Crippen molar-refractivity contribution in [3.63, 3.8) is 0 Å². The quantitative estimate of drug-likeness (QED) is 0.784. The third kappa shape index (κ3) is 2.30. The standard InChI is InChI=1S/C13H12F2N2O/c1-8-11(7-16-17(8)2)13(18)5-9-3-4-10(14)6-12(9)15/h3-4,6-7H,5H2,1-2H3. The second kappa shape index (κ2) is 4.68. The van der Waals surface area contributed by atoms with Crippen LogP contribution in [-0.4, -0.2) is 15.6 Å². The summed E-state index contributed by atoms with van der Waals surface area (Å²) in [5.74, 6) is -1.59. The second-order valence-corrected chi connectivity index (χ2v) is 4.10. The lowest BCUT2D eigenvalue weighted by Crippen LogP contribution is -2.07. The summed E-state index contributed by atoms with van der Waals surface area (Å²) in [6, 6.07) is 3.20. The van der Waals surface area contributed by atoms with Gasteiger partial charge < -0.3 is 0 Å². The highest BCUT2D eigenvalue weighted by Gasteiger charge is 2.15. The molecule has 2 rings (SSSR count). The number of benzene rings is 1. The normalized spacial score (nSPS) is 10.7. The van der Waals surface area contributed by atoms with Gasteiger partial charge in [0.25, 0.3) is 0 Å². The summed E-state index contributed by atoms with van der Waals surface area (Å²) in [7, 11) is 1.73. The van der Waals surface area contributed by atoms with E-state index >= 15 is 0 Å². The van der Waals surface area contributed by atoms with Crippen molar-refractivity contribution in [1.29, 1.82) is 0 Å². The molecule has 5 heteroatoms. The van der Waals surface area contributed by atoms with Gasteiger partial charge in [0, 0.05) is 25.2 Å². The maximum absolute atomic E-state index is 13.4. The maximum atomic E-state index is 13.4. The van der Waals surface area contributed by atoms with Crippen LogP contribution < -0.4 is 0 Å². The smallest absolute Gasteiger partial charge is 0.170 e. The molecule has 0 aliphatic rings. The Morgan fingerprint density at radius 1 is 1.39 bits per heavy atom. The molecule has 0 saturated carbocycles. The molecule has 2 aromatic rings. The molecule has 1 heterocycles. The minimum absolute atomic E-state index is 0.0986. The molecule has 1 aromatic carbocycles. The van der Waals surface area contributed by atoms with Crippen LogP contribution >= 0.6 is 0 Å². The van der Waals surface area contributed by atoms with Crippen LogP contribution in [0.15, 0.2) is 24.4 Å². The molecule has 94 valence electrons. The number of ketones is 1. The number of carbonyl (C=O) groups excluding carboxylic acids is 1. The Labute approximate surface area is 103 Å². The molecule has 0 bridgehead atoms. The average molecular weight is 250 g/mol. The van der Waals surface area contributed by atoms with Crippen molar-refractivity contribution in [2.75, 3.05) is 0 Å². The highest BCUT2D eigenvalue weighted by molar-refractivity contribution is 5.98. The van der Waals surface area contributed by atoms with Gasteiger partial charge in [0.15, 0.2) is 5.78 Å². The van der Waals surface area contributed by atoms with Gasteiger partial charge in [0.05, 0.1) is 11.8 Å². The van der Waals surface area contributed by atoms with Gasteiger partial charge in [-0.25, -0.2) is 8.78 Å². The Hall–Kier alpha value is -2.04. The summed E-state index contributed by atoms with van der Waals surface area (Å²) in [6.07, 6.45) is 1.36. The molecular formula is C13H12F2N2O. The van der Waals surface area contributed by atoms with Gasteiger partial charge in [-0.15, -0.1) is 0 Å². The Kier molecular flexibility index (Phi) is 3.23. The van der Waals surface area contributed by atoms with Gasteiger partial charge in [-0.3, -0.25) is 9.48 Å². The fourth-order valence-electron chi connectivity index (χ4n) is 1.71. The zero-order valence-corrected chi connectivity index (χ0v) is 10.1. The van der Waals surface area contributed by atoms with Gasteiger partial charge in [-0.1, -0.05) is 6.07 Å². The highest BCUT2D eigenvalue weighted by atomic mass is 19.1. The van der Waals surface area contributed by atoms with Crippen LogP contribution in [0.1, 0.15) is 21.6 Å². The molecule has 0 fully saturated rings. The predicted molar refractivity (Wildman–Crippen MR) is 62.3 cm³/mol. The number of aromatic nitrogens is 2. The van der Waals surface area contributed by atoms with Crippen molar-refractivity contribution in [2.24, 2.45) is 7.05 Å². The molecular weight excluding hydrogens is 238 g/mol. The summed E-state index contributed by atoms with van der Waals surface area (Å²) >= 11 is 0. The molecule has 0 aliphatic carbocycles. The molecule has 0 atom stereocenters. The topological polar surface area (TPSA) is 34.9 Å². The van der Waals surface area contributed by atoms with Crippen molar-refractivity contribution < 1.29 is 13.6 Å². The van der Waals surface area contributed by atoms with Gasteiger partial charge in [-0.2, -0.15) is 5.10 Å². The third-order valence-electron chi connectivity index (χ3n) is 2.90. The number of Topliss-reactive ketones (excluding diaryl/α,β-unsaturated/α-hetero) is 1. The molecule has 0 aliphatic heterocycles. The molecule has 0 N–H and O–H groups in total. The number of carbonyl (C=O) groups is 1.